The normalized spacial score (nSPS) is 11.1. The highest BCUT2D eigenvalue weighted by atomic mass is 16.5. The van der Waals surface area contributed by atoms with Crippen LogP contribution >= 0.6 is 0 Å². The number of nitrogens with one attached hydrogen (secondary N) is 1. The van der Waals surface area contributed by atoms with Crippen LogP contribution in [0.15, 0.2) is 0 Å². The lowest BCUT2D eigenvalue weighted by Crippen LogP contribution is -2.22. The fourth-order valence-electron chi connectivity index (χ4n) is 1.42. The van der Waals surface area contributed by atoms with Crippen molar-refractivity contribution in [1.29, 1.82) is 0 Å². The zero-order valence-corrected chi connectivity index (χ0v) is 12.4. The van der Waals surface area contributed by atoms with Crippen LogP contribution in [-0.2, 0) is 14.2 Å². The van der Waals surface area contributed by atoms with Gasteiger partial charge in [-0.05, 0) is 25.8 Å². The molecule has 0 radical (unpaired) electrons. The summed E-state index contributed by atoms with van der Waals surface area (Å²) in [6.45, 7) is 8.33. The number of hydrogen-bond acceptors (Lipinski definition) is 5. The number of aliphatic hydroxyl groups excluding tert-OH is 1. The molecular weight excluding hydrogens is 246 g/mol. The van der Waals surface area contributed by atoms with Gasteiger partial charge in [-0.3, -0.25) is 0 Å². The van der Waals surface area contributed by atoms with Gasteiger partial charge in [0.25, 0.3) is 0 Å². The number of rotatable bonds is 16. The lowest BCUT2D eigenvalue weighted by atomic mass is 10.3. The molecule has 0 amide bonds. The Labute approximate surface area is 117 Å². The van der Waals surface area contributed by atoms with Crippen LogP contribution in [0.3, 0.4) is 0 Å². The molecule has 0 aliphatic rings. The third kappa shape index (κ3) is 17.8. The van der Waals surface area contributed by atoms with E-state index < -0.39 is 0 Å². The summed E-state index contributed by atoms with van der Waals surface area (Å²) in [7, 11) is 0. The van der Waals surface area contributed by atoms with Crippen molar-refractivity contribution in [2.45, 2.75) is 32.6 Å². The molecule has 0 saturated heterocycles. The fraction of sp³-hybridized carbons (Fsp3) is 1.00. The Morgan fingerprint density at radius 2 is 1.37 bits per heavy atom. The van der Waals surface area contributed by atoms with Crippen molar-refractivity contribution < 1.29 is 19.3 Å². The molecule has 0 rings (SSSR count). The van der Waals surface area contributed by atoms with Crippen molar-refractivity contribution in [3.05, 3.63) is 0 Å². The van der Waals surface area contributed by atoms with Crippen molar-refractivity contribution in [1.82, 2.24) is 5.32 Å². The molecule has 5 nitrogen and oxygen atoms in total. The summed E-state index contributed by atoms with van der Waals surface area (Å²) in [5.41, 5.74) is 0. The molecule has 19 heavy (non-hydrogen) atoms. The van der Waals surface area contributed by atoms with Gasteiger partial charge in [-0.2, -0.15) is 0 Å². The van der Waals surface area contributed by atoms with E-state index in [1.165, 1.54) is 6.42 Å². The molecular formula is C14H31NO4. The van der Waals surface area contributed by atoms with Crippen molar-refractivity contribution in [3.63, 3.8) is 0 Å². The zero-order chi connectivity index (χ0) is 14.0. The Balaban J connectivity index is 2.88. The predicted octanol–water partition coefficient (Wildman–Crippen LogP) is 1.20. The molecule has 2 N–H and O–H groups in total. The van der Waals surface area contributed by atoms with Crippen molar-refractivity contribution in [3.8, 4) is 0 Å². The molecule has 0 aliphatic heterocycles. The van der Waals surface area contributed by atoms with Gasteiger partial charge in [-0.25, -0.2) is 0 Å². The van der Waals surface area contributed by atoms with Gasteiger partial charge in [-0.15, -0.1) is 0 Å². The Kier molecular flexibility index (Phi) is 17.6. The standard InChI is InChI=1S/C14H31NO4/c1-2-3-9-17-11-13-19-14-12-18-10-7-15-6-4-5-8-16/h15-16H,2-14H2,1H3. The lowest BCUT2D eigenvalue weighted by Gasteiger charge is -2.07. The van der Waals surface area contributed by atoms with Crippen LogP contribution in [-0.4, -0.2) is 64.4 Å². The van der Waals surface area contributed by atoms with Crippen LogP contribution in [0.1, 0.15) is 32.6 Å². The van der Waals surface area contributed by atoms with Gasteiger partial charge >= 0.3 is 0 Å². The zero-order valence-electron chi connectivity index (χ0n) is 12.4. The Bertz CT molecular complexity index is 142. The molecule has 0 fully saturated rings. The largest absolute Gasteiger partial charge is 0.396 e. The number of aliphatic hydroxyl groups is 1. The third-order valence-corrected chi connectivity index (χ3v) is 2.57. The van der Waals surface area contributed by atoms with E-state index in [4.69, 9.17) is 19.3 Å². The molecule has 0 aromatic heterocycles. The average molecular weight is 277 g/mol. The number of ether oxygens (including phenoxy) is 3. The minimum Gasteiger partial charge on any atom is -0.396 e. The molecule has 0 bridgehead atoms. The molecule has 0 heterocycles. The van der Waals surface area contributed by atoms with E-state index in [2.05, 4.69) is 12.2 Å². The third-order valence-electron chi connectivity index (χ3n) is 2.57. The van der Waals surface area contributed by atoms with Gasteiger partial charge in [0.1, 0.15) is 0 Å². The second kappa shape index (κ2) is 17.8. The highest BCUT2D eigenvalue weighted by Crippen LogP contribution is 1.88. The minimum absolute atomic E-state index is 0.275. The van der Waals surface area contributed by atoms with Gasteiger partial charge in [0.2, 0.25) is 0 Å². The fourth-order valence-corrected chi connectivity index (χ4v) is 1.42. The van der Waals surface area contributed by atoms with Gasteiger partial charge in [0.05, 0.1) is 33.0 Å². The van der Waals surface area contributed by atoms with Gasteiger partial charge in [-0.1, -0.05) is 13.3 Å². The maximum atomic E-state index is 8.59. The molecule has 0 aromatic carbocycles. The van der Waals surface area contributed by atoms with Crippen molar-refractivity contribution >= 4 is 0 Å². The molecule has 0 atom stereocenters. The van der Waals surface area contributed by atoms with Crippen molar-refractivity contribution in [2.75, 3.05) is 59.3 Å². The summed E-state index contributed by atoms with van der Waals surface area (Å²) in [6.07, 6.45) is 4.16. The van der Waals surface area contributed by atoms with Crippen LogP contribution in [0.2, 0.25) is 0 Å². The maximum Gasteiger partial charge on any atom is 0.0701 e. The first-order valence-corrected chi connectivity index (χ1v) is 7.46. The van der Waals surface area contributed by atoms with Gasteiger partial charge in [0, 0.05) is 19.8 Å². The van der Waals surface area contributed by atoms with E-state index >= 15 is 0 Å². The Hall–Kier alpha value is -0.200. The molecule has 0 unspecified atom stereocenters. The Morgan fingerprint density at radius 1 is 0.737 bits per heavy atom. The van der Waals surface area contributed by atoms with E-state index in [1.54, 1.807) is 0 Å². The maximum absolute atomic E-state index is 8.59. The van der Waals surface area contributed by atoms with Crippen LogP contribution in [0.5, 0.6) is 0 Å². The first-order chi connectivity index (χ1) is 9.41. The quantitative estimate of drug-likeness (QED) is 0.415. The molecule has 0 aliphatic carbocycles. The summed E-state index contributed by atoms with van der Waals surface area (Å²) in [5.74, 6) is 0. The number of unbranched alkanes of at least 4 members (excludes halogenated alkanes) is 2. The summed E-state index contributed by atoms with van der Waals surface area (Å²) in [4.78, 5) is 0. The lowest BCUT2D eigenvalue weighted by molar-refractivity contribution is 0.0146. The molecule has 0 spiro atoms. The average Bonchev–Trinajstić information content (AvgIpc) is 2.43. The molecule has 5 heteroatoms. The Morgan fingerprint density at radius 3 is 2.00 bits per heavy atom. The summed E-state index contributed by atoms with van der Waals surface area (Å²) >= 11 is 0. The van der Waals surface area contributed by atoms with E-state index in [9.17, 15) is 0 Å². The smallest absolute Gasteiger partial charge is 0.0701 e. The van der Waals surface area contributed by atoms with E-state index in [0.717, 1.165) is 39.0 Å². The van der Waals surface area contributed by atoms with Crippen LogP contribution < -0.4 is 5.32 Å². The first-order valence-electron chi connectivity index (χ1n) is 7.46. The monoisotopic (exact) mass is 277 g/mol. The second-order valence-electron chi connectivity index (χ2n) is 4.37. The van der Waals surface area contributed by atoms with Crippen LogP contribution in [0.4, 0.5) is 0 Å². The molecule has 116 valence electrons. The second-order valence-corrected chi connectivity index (χ2v) is 4.37. The van der Waals surface area contributed by atoms with Gasteiger partial charge in [0.15, 0.2) is 0 Å². The predicted molar refractivity (Wildman–Crippen MR) is 76.6 cm³/mol. The van der Waals surface area contributed by atoms with E-state index in [0.29, 0.717) is 33.0 Å². The summed E-state index contributed by atoms with van der Waals surface area (Å²) < 4.78 is 16.2. The first kappa shape index (κ1) is 18.8. The SMILES string of the molecule is CCCCOCCOCCOCCNCCCCO. The topological polar surface area (TPSA) is 60.0 Å². The van der Waals surface area contributed by atoms with E-state index in [1.807, 2.05) is 0 Å². The van der Waals surface area contributed by atoms with Crippen LogP contribution in [0.25, 0.3) is 0 Å². The number of hydrogen-bond donors (Lipinski definition) is 2. The summed E-state index contributed by atoms with van der Waals surface area (Å²) in [5, 5.41) is 11.8. The highest BCUT2D eigenvalue weighted by Gasteiger charge is 1.92. The van der Waals surface area contributed by atoms with Crippen molar-refractivity contribution in [2.24, 2.45) is 0 Å². The minimum atomic E-state index is 0.275. The highest BCUT2D eigenvalue weighted by molar-refractivity contribution is 4.47. The van der Waals surface area contributed by atoms with Crippen LogP contribution in [0, 0.1) is 0 Å². The van der Waals surface area contributed by atoms with E-state index in [-0.39, 0.29) is 6.61 Å². The van der Waals surface area contributed by atoms with Gasteiger partial charge < -0.3 is 24.6 Å². The molecule has 0 saturated carbocycles. The molecule has 0 aromatic rings. The summed E-state index contributed by atoms with van der Waals surface area (Å²) in [6, 6.07) is 0.